The molecule has 0 spiro atoms. The number of aliphatic carboxylic acids is 1. The van der Waals surface area contributed by atoms with Crippen molar-refractivity contribution >= 4 is 57.6 Å². The minimum absolute atomic E-state index is 0.0476. The van der Waals surface area contributed by atoms with Crippen LogP contribution in [0.1, 0.15) is 80.0 Å². The van der Waals surface area contributed by atoms with E-state index in [4.69, 9.17) is 33.0 Å². The monoisotopic (exact) mass is 592 g/mol. The first-order chi connectivity index (χ1) is 18.7. The number of carboxylic acid groups (broad SMARTS) is 1. The molecule has 208 valence electrons. The number of carboxylic acids is 1. The van der Waals surface area contributed by atoms with Crippen molar-refractivity contribution in [3.63, 3.8) is 0 Å². The van der Waals surface area contributed by atoms with Crippen molar-refractivity contribution in [3.05, 3.63) is 73.8 Å². The maximum Gasteiger partial charge on any atom is 0.331 e. The smallest absolute Gasteiger partial charge is 0.331 e. The lowest BCUT2D eigenvalue weighted by molar-refractivity contribution is -0.132. The summed E-state index contributed by atoms with van der Waals surface area (Å²) in [5.41, 5.74) is 1.73. The maximum atomic E-state index is 15.6. The number of carbonyl (C=O) groups is 2. The van der Waals surface area contributed by atoms with Crippen LogP contribution in [0.2, 0.25) is 10.0 Å². The quantitative estimate of drug-likeness (QED) is 0.153. The zero-order valence-electron chi connectivity index (χ0n) is 22.0. The van der Waals surface area contributed by atoms with Crippen molar-refractivity contribution in [2.75, 3.05) is 12.4 Å². The van der Waals surface area contributed by atoms with Crippen LogP contribution in [0, 0.1) is 5.82 Å². The summed E-state index contributed by atoms with van der Waals surface area (Å²) in [4.78, 5) is 28.4. The van der Waals surface area contributed by atoms with Gasteiger partial charge in [-0.2, -0.15) is 0 Å². The molecule has 1 unspecified atom stereocenters. The molecular formula is C29H31Cl2FN2O4S. The summed E-state index contributed by atoms with van der Waals surface area (Å²) < 4.78 is 21.2. The van der Waals surface area contributed by atoms with Crippen molar-refractivity contribution in [1.82, 2.24) is 4.98 Å². The number of carbonyl (C=O) groups excluding carboxylic acids is 1. The highest BCUT2D eigenvalue weighted by atomic mass is 35.5. The number of amides is 1. The zero-order valence-corrected chi connectivity index (χ0v) is 24.4. The Balaban J connectivity index is 1.75. The highest BCUT2D eigenvalue weighted by Gasteiger charge is 2.20. The summed E-state index contributed by atoms with van der Waals surface area (Å²) in [6.45, 7) is 3.58. The number of aromatic nitrogens is 1. The number of rotatable bonds is 13. The van der Waals surface area contributed by atoms with Gasteiger partial charge in [-0.05, 0) is 37.6 Å². The molecule has 0 saturated carbocycles. The molecule has 0 aliphatic heterocycles. The van der Waals surface area contributed by atoms with Gasteiger partial charge in [0, 0.05) is 40.3 Å². The van der Waals surface area contributed by atoms with Gasteiger partial charge in [-0.15, -0.1) is 11.3 Å². The van der Waals surface area contributed by atoms with E-state index in [0.29, 0.717) is 22.4 Å². The van der Waals surface area contributed by atoms with E-state index in [1.165, 1.54) is 38.0 Å². The van der Waals surface area contributed by atoms with Crippen LogP contribution in [-0.4, -0.2) is 29.1 Å². The molecule has 0 saturated heterocycles. The Morgan fingerprint density at radius 1 is 1.18 bits per heavy atom. The molecule has 2 N–H and O–H groups in total. The third-order valence-corrected chi connectivity index (χ3v) is 7.65. The van der Waals surface area contributed by atoms with Crippen LogP contribution in [0.15, 0.2) is 41.3 Å². The van der Waals surface area contributed by atoms with Crippen LogP contribution in [0.3, 0.4) is 0 Å². The topological polar surface area (TPSA) is 88.5 Å². The number of nitrogens with zero attached hydrogens (tertiary/aromatic N) is 1. The number of benzene rings is 2. The molecule has 0 fully saturated rings. The van der Waals surface area contributed by atoms with Gasteiger partial charge in [0.25, 0.3) is 5.91 Å². The predicted octanol–water partition coefficient (Wildman–Crippen LogP) is 9.04. The summed E-state index contributed by atoms with van der Waals surface area (Å²) in [5.74, 6) is -2.01. The first kappa shape index (κ1) is 30.8. The Morgan fingerprint density at radius 2 is 1.87 bits per heavy atom. The lowest BCUT2D eigenvalue weighted by Crippen LogP contribution is -2.12. The second kappa shape index (κ2) is 14.6. The van der Waals surface area contributed by atoms with Crippen LogP contribution in [0.25, 0.3) is 17.3 Å². The highest BCUT2D eigenvalue weighted by Crippen LogP contribution is 2.34. The molecule has 1 atom stereocenters. The van der Waals surface area contributed by atoms with E-state index in [0.717, 1.165) is 37.0 Å². The highest BCUT2D eigenvalue weighted by molar-refractivity contribution is 7.14. The van der Waals surface area contributed by atoms with E-state index in [2.05, 4.69) is 17.2 Å². The molecule has 0 radical (unpaired) electrons. The number of nitrogens with one attached hydrogen (secondary N) is 1. The van der Waals surface area contributed by atoms with Crippen molar-refractivity contribution < 1.29 is 23.8 Å². The first-order valence-electron chi connectivity index (χ1n) is 12.6. The summed E-state index contributed by atoms with van der Waals surface area (Å²) in [6.07, 6.45) is 7.28. The molecule has 0 bridgehead atoms. The predicted molar refractivity (Wildman–Crippen MR) is 156 cm³/mol. The van der Waals surface area contributed by atoms with Crippen LogP contribution < -0.4 is 5.32 Å². The molecule has 2 aromatic carbocycles. The van der Waals surface area contributed by atoms with E-state index >= 15 is 4.39 Å². The second-order valence-corrected chi connectivity index (χ2v) is 10.8. The van der Waals surface area contributed by atoms with Gasteiger partial charge in [0.05, 0.1) is 21.8 Å². The second-order valence-electron chi connectivity index (χ2n) is 9.11. The fraction of sp³-hybridized carbons (Fsp3) is 0.345. The molecule has 3 rings (SSSR count). The summed E-state index contributed by atoms with van der Waals surface area (Å²) in [5, 5.41) is 14.0. The third kappa shape index (κ3) is 8.11. The molecule has 6 nitrogen and oxygen atoms in total. The number of methoxy groups -OCH3 is 1. The fourth-order valence-corrected chi connectivity index (χ4v) is 5.39. The molecule has 39 heavy (non-hydrogen) atoms. The Bertz CT molecular complexity index is 1340. The van der Waals surface area contributed by atoms with Crippen molar-refractivity contribution in [3.8, 4) is 11.3 Å². The van der Waals surface area contributed by atoms with E-state index in [1.54, 1.807) is 30.7 Å². The average Bonchev–Trinajstić information content (AvgIpc) is 3.36. The minimum Gasteiger partial charge on any atom is -0.478 e. The van der Waals surface area contributed by atoms with Gasteiger partial charge in [0.1, 0.15) is 5.82 Å². The van der Waals surface area contributed by atoms with Crippen LogP contribution in [0.4, 0.5) is 9.52 Å². The number of halogens is 3. The Kier molecular flexibility index (Phi) is 11.5. The molecule has 3 aromatic rings. The molecule has 1 aromatic heterocycles. The lowest BCUT2D eigenvalue weighted by atomic mass is 9.98. The lowest BCUT2D eigenvalue weighted by Gasteiger charge is -2.17. The number of hydrogen-bond donors (Lipinski definition) is 2. The molecule has 0 aliphatic carbocycles. The molecule has 1 heterocycles. The third-order valence-electron chi connectivity index (χ3n) is 6.27. The zero-order chi connectivity index (χ0) is 28.5. The number of hydrogen-bond acceptors (Lipinski definition) is 5. The Morgan fingerprint density at radius 3 is 2.51 bits per heavy atom. The largest absolute Gasteiger partial charge is 0.478 e. The van der Waals surface area contributed by atoms with Crippen molar-refractivity contribution in [2.45, 2.75) is 58.5 Å². The Labute approximate surface area is 241 Å². The van der Waals surface area contributed by atoms with E-state index in [1.807, 2.05) is 0 Å². The van der Waals surface area contributed by atoms with Crippen molar-refractivity contribution in [1.29, 1.82) is 0 Å². The van der Waals surface area contributed by atoms with Gasteiger partial charge in [0.15, 0.2) is 5.13 Å². The fourth-order valence-electron chi connectivity index (χ4n) is 4.09. The molecule has 1 amide bonds. The van der Waals surface area contributed by atoms with Crippen LogP contribution in [0.5, 0.6) is 0 Å². The Hall–Kier alpha value is -2.78. The van der Waals surface area contributed by atoms with Gasteiger partial charge in [-0.3, -0.25) is 10.1 Å². The van der Waals surface area contributed by atoms with Crippen LogP contribution in [-0.2, 0) is 9.53 Å². The van der Waals surface area contributed by atoms with E-state index < -0.39 is 11.9 Å². The maximum absolute atomic E-state index is 15.6. The average molecular weight is 594 g/mol. The molecular weight excluding hydrogens is 562 g/mol. The first-order valence-corrected chi connectivity index (χ1v) is 14.3. The van der Waals surface area contributed by atoms with Crippen LogP contribution >= 0.6 is 34.5 Å². The molecule has 10 heteroatoms. The number of thiazole rings is 1. The summed E-state index contributed by atoms with van der Waals surface area (Å²) >= 11 is 13.7. The van der Waals surface area contributed by atoms with E-state index in [-0.39, 0.29) is 38.2 Å². The summed E-state index contributed by atoms with van der Waals surface area (Å²) in [6, 6.07) is 7.96. The van der Waals surface area contributed by atoms with Gasteiger partial charge in [0.2, 0.25) is 0 Å². The van der Waals surface area contributed by atoms with Gasteiger partial charge >= 0.3 is 5.97 Å². The number of anilines is 1. The van der Waals surface area contributed by atoms with E-state index in [9.17, 15) is 9.59 Å². The standard InChI is InChI=1S/C29H31Cl2FN2O4S/c1-4-5-6-7-8-12-25(38-3)20-11-9-10-19(26(20)32)24-16-39-29(33-24)34-27(35)18-14-22(30)21(23(31)15-18)13-17(2)28(36)37/h9-11,13-16,25H,4-8,12H2,1-3H3,(H,36,37)(H,33,34,35). The molecule has 0 aliphatic rings. The van der Waals surface area contributed by atoms with Gasteiger partial charge < -0.3 is 9.84 Å². The SMILES string of the molecule is CCCCCCCC(OC)c1cccc(-c2csc(NC(=O)c3cc(Cl)c(C=C(C)C(=O)O)c(Cl)c3)n2)c1F. The summed E-state index contributed by atoms with van der Waals surface area (Å²) in [7, 11) is 1.59. The minimum atomic E-state index is -1.11. The normalized spacial score (nSPS) is 12.4. The number of ether oxygens (including phenoxy) is 1. The number of unbranched alkanes of at least 4 members (excludes halogenated alkanes) is 4. The van der Waals surface area contributed by atoms with Gasteiger partial charge in [-0.25, -0.2) is 14.2 Å². The van der Waals surface area contributed by atoms with Gasteiger partial charge in [-0.1, -0.05) is 74.4 Å². The van der Waals surface area contributed by atoms with Crippen molar-refractivity contribution in [2.24, 2.45) is 0 Å².